The molecule has 0 fully saturated rings. The molecule has 96 valence electrons. The van der Waals surface area contributed by atoms with Crippen molar-refractivity contribution in [1.82, 2.24) is 0 Å². The monoisotopic (exact) mass is 249 g/mol. The number of aliphatic hydroxyl groups is 1. The van der Waals surface area contributed by atoms with Gasteiger partial charge in [-0.25, -0.2) is 4.39 Å². The summed E-state index contributed by atoms with van der Waals surface area (Å²) in [5, 5.41) is 9.69. The lowest BCUT2D eigenvalue weighted by atomic mass is 10.1. The predicted molar refractivity (Wildman–Crippen MR) is 67.8 cm³/mol. The van der Waals surface area contributed by atoms with Gasteiger partial charge in [0.05, 0.1) is 18.9 Å². The molecule has 4 heteroatoms. The molecule has 0 unspecified atom stereocenters. The van der Waals surface area contributed by atoms with Crippen LogP contribution in [0.5, 0.6) is 0 Å². The van der Waals surface area contributed by atoms with Gasteiger partial charge in [-0.2, -0.15) is 0 Å². The van der Waals surface area contributed by atoms with Gasteiger partial charge < -0.3 is 14.4 Å². The third kappa shape index (κ3) is 2.71. The third-order valence-electron chi connectivity index (χ3n) is 2.82. The van der Waals surface area contributed by atoms with Crippen LogP contribution in [0.1, 0.15) is 24.4 Å². The molecule has 1 N–H and O–H groups in total. The van der Waals surface area contributed by atoms with Gasteiger partial charge in [-0.05, 0) is 37.3 Å². The highest BCUT2D eigenvalue weighted by atomic mass is 19.1. The molecule has 0 aliphatic heterocycles. The summed E-state index contributed by atoms with van der Waals surface area (Å²) in [7, 11) is 1.88. The van der Waals surface area contributed by atoms with Crippen LogP contribution in [0, 0.1) is 5.82 Å². The van der Waals surface area contributed by atoms with Crippen molar-refractivity contribution in [3.05, 3.63) is 53.7 Å². The smallest absolute Gasteiger partial charge is 0.123 e. The van der Waals surface area contributed by atoms with E-state index in [4.69, 9.17) is 4.42 Å². The van der Waals surface area contributed by atoms with Crippen molar-refractivity contribution in [3.8, 4) is 0 Å². The molecular formula is C14H16FNO2. The fourth-order valence-corrected chi connectivity index (χ4v) is 1.93. The van der Waals surface area contributed by atoms with Gasteiger partial charge in [0.1, 0.15) is 11.6 Å². The number of benzene rings is 1. The molecule has 2 aromatic rings. The van der Waals surface area contributed by atoms with E-state index in [-0.39, 0.29) is 5.82 Å². The number of halogens is 1. The normalized spacial score (nSPS) is 12.4. The molecule has 1 aromatic heterocycles. The van der Waals surface area contributed by atoms with Gasteiger partial charge in [0.15, 0.2) is 0 Å². The summed E-state index contributed by atoms with van der Waals surface area (Å²) in [4.78, 5) is 1.92. The van der Waals surface area contributed by atoms with Crippen LogP contribution in [0.25, 0.3) is 0 Å². The van der Waals surface area contributed by atoms with Crippen LogP contribution in [0.4, 0.5) is 10.1 Å². The van der Waals surface area contributed by atoms with E-state index >= 15 is 0 Å². The zero-order valence-corrected chi connectivity index (χ0v) is 10.4. The number of hydrogen-bond acceptors (Lipinski definition) is 3. The second-order valence-electron chi connectivity index (χ2n) is 4.31. The van der Waals surface area contributed by atoms with E-state index in [2.05, 4.69) is 0 Å². The molecule has 0 radical (unpaired) electrons. The molecule has 0 amide bonds. The average Bonchev–Trinajstić information content (AvgIpc) is 2.81. The van der Waals surface area contributed by atoms with Crippen LogP contribution >= 0.6 is 0 Å². The molecule has 18 heavy (non-hydrogen) atoms. The van der Waals surface area contributed by atoms with E-state index in [0.29, 0.717) is 12.1 Å². The number of anilines is 1. The van der Waals surface area contributed by atoms with Crippen LogP contribution < -0.4 is 4.90 Å². The molecular weight excluding hydrogens is 233 g/mol. The fourth-order valence-electron chi connectivity index (χ4n) is 1.93. The lowest BCUT2D eigenvalue weighted by molar-refractivity contribution is 0.199. The molecule has 0 spiro atoms. The second kappa shape index (κ2) is 5.23. The Balaban J connectivity index is 2.26. The number of nitrogens with zero attached hydrogens (tertiary/aromatic N) is 1. The fraction of sp³-hybridized carbons (Fsp3) is 0.286. The Bertz CT molecular complexity index is 509. The Morgan fingerprint density at radius 2 is 2.17 bits per heavy atom. The molecule has 1 aromatic carbocycles. The minimum atomic E-state index is -0.713. The van der Waals surface area contributed by atoms with Crippen LogP contribution in [-0.4, -0.2) is 12.2 Å². The molecule has 0 aliphatic carbocycles. The Kier molecular flexibility index (Phi) is 3.67. The molecule has 1 atom stereocenters. The summed E-state index contributed by atoms with van der Waals surface area (Å²) >= 11 is 0. The van der Waals surface area contributed by atoms with E-state index in [9.17, 15) is 9.50 Å². The highest BCUT2D eigenvalue weighted by Gasteiger charge is 2.13. The van der Waals surface area contributed by atoms with Gasteiger partial charge >= 0.3 is 0 Å². The first-order valence-electron chi connectivity index (χ1n) is 5.79. The maximum atomic E-state index is 13.2. The standard InChI is InChI=1S/C14H16FNO2/c1-10(17)13-8-11(15)5-6-14(13)16(2)9-12-4-3-7-18-12/h3-8,10,17H,9H2,1-2H3/t10-/m1/s1. The predicted octanol–water partition coefficient (Wildman–Crippen LogP) is 3.11. The molecule has 0 saturated carbocycles. The summed E-state index contributed by atoms with van der Waals surface area (Å²) in [6, 6.07) is 8.12. The number of aliphatic hydroxyl groups excluding tert-OH is 1. The highest BCUT2D eigenvalue weighted by molar-refractivity contribution is 5.54. The Morgan fingerprint density at radius 3 is 2.78 bits per heavy atom. The van der Waals surface area contributed by atoms with E-state index in [1.807, 2.05) is 24.1 Å². The van der Waals surface area contributed by atoms with Crippen molar-refractivity contribution in [2.75, 3.05) is 11.9 Å². The molecule has 2 rings (SSSR count). The zero-order valence-electron chi connectivity index (χ0n) is 10.4. The second-order valence-corrected chi connectivity index (χ2v) is 4.31. The minimum Gasteiger partial charge on any atom is -0.467 e. The molecule has 1 heterocycles. The Morgan fingerprint density at radius 1 is 1.39 bits per heavy atom. The summed E-state index contributed by atoms with van der Waals surface area (Å²) in [5.41, 5.74) is 1.37. The van der Waals surface area contributed by atoms with Crippen molar-refractivity contribution in [2.45, 2.75) is 19.6 Å². The van der Waals surface area contributed by atoms with Crippen LogP contribution in [0.2, 0.25) is 0 Å². The van der Waals surface area contributed by atoms with E-state index < -0.39 is 6.10 Å². The van der Waals surface area contributed by atoms with Crippen molar-refractivity contribution >= 4 is 5.69 Å². The summed E-state index contributed by atoms with van der Waals surface area (Å²) in [6.45, 7) is 2.19. The maximum Gasteiger partial charge on any atom is 0.123 e. The number of hydrogen-bond donors (Lipinski definition) is 1. The van der Waals surface area contributed by atoms with E-state index in [0.717, 1.165) is 11.4 Å². The third-order valence-corrected chi connectivity index (χ3v) is 2.82. The maximum absolute atomic E-state index is 13.2. The summed E-state index contributed by atoms with van der Waals surface area (Å²) in [6.07, 6.45) is 0.901. The first-order valence-corrected chi connectivity index (χ1v) is 5.79. The van der Waals surface area contributed by atoms with Gasteiger partial charge in [-0.3, -0.25) is 0 Å². The van der Waals surface area contributed by atoms with Crippen molar-refractivity contribution < 1.29 is 13.9 Å². The van der Waals surface area contributed by atoms with E-state index in [1.54, 1.807) is 19.3 Å². The first-order chi connectivity index (χ1) is 8.58. The summed E-state index contributed by atoms with van der Waals surface area (Å²) in [5.74, 6) is 0.472. The van der Waals surface area contributed by atoms with Crippen molar-refractivity contribution in [3.63, 3.8) is 0 Å². The molecule has 3 nitrogen and oxygen atoms in total. The van der Waals surface area contributed by atoms with Crippen LogP contribution in [0.15, 0.2) is 41.0 Å². The van der Waals surface area contributed by atoms with Crippen molar-refractivity contribution in [1.29, 1.82) is 0 Å². The van der Waals surface area contributed by atoms with Crippen LogP contribution in [-0.2, 0) is 6.54 Å². The first kappa shape index (κ1) is 12.6. The summed E-state index contributed by atoms with van der Waals surface area (Å²) < 4.78 is 18.5. The zero-order chi connectivity index (χ0) is 13.1. The largest absolute Gasteiger partial charge is 0.467 e. The Hall–Kier alpha value is -1.81. The van der Waals surface area contributed by atoms with Gasteiger partial charge in [0, 0.05) is 18.3 Å². The topological polar surface area (TPSA) is 36.6 Å². The lowest BCUT2D eigenvalue weighted by Gasteiger charge is -2.22. The van der Waals surface area contributed by atoms with Crippen molar-refractivity contribution in [2.24, 2.45) is 0 Å². The number of furan rings is 1. The Labute approximate surface area is 105 Å². The molecule has 0 saturated heterocycles. The average molecular weight is 249 g/mol. The van der Waals surface area contributed by atoms with Crippen LogP contribution in [0.3, 0.4) is 0 Å². The van der Waals surface area contributed by atoms with Gasteiger partial charge in [-0.1, -0.05) is 0 Å². The SMILES string of the molecule is C[C@@H](O)c1cc(F)ccc1N(C)Cc1ccco1. The van der Waals surface area contributed by atoms with Gasteiger partial charge in [0.2, 0.25) is 0 Å². The highest BCUT2D eigenvalue weighted by Crippen LogP contribution is 2.27. The molecule has 0 bridgehead atoms. The van der Waals surface area contributed by atoms with Gasteiger partial charge in [0.25, 0.3) is 0 Å². The quantitative estimate of drug-likeness (QED) is 0.904. The number of rotatable bonds is 4. The lowest BCUT2D eigenvalue weighted by Crippen LogP contribution is -2.18. The molecule has 0 aliphatic rings. The minimum absolute atomic E-state index is 0.346. The van der Waals surface area contributed by atoms with E-state index in [1.165, 1.54) is 12.1 Å². The van der Waals surface area contributed by atoms with Gasteiger partial charge in [-0.15, -0.1) is 0 Å².